The number of hydrogen-bond donors (Lipinski definition) is 1. The van der Waals surface area contributed by atoms with Crippen LogP contribution >= 0.6 is 23.3 Å². The number of rotatable bonds is 6. The first-order valence-electron chi connectivity index (χ1n) is 8.61. The molecule has 2 heterocycles. The Morgan fingerprint density at radius 3 is 2.66 bits per heavy atom. The monoisotopic (exact) mass is 425 g/mol. The van der Waals surface area contributed by atoms with Gasteiger partial charge >= 0.3 is 0 Å². The number of hydrogen-bond acceptors (Lipinski definition) is 7. The van der Waals surface area contributed by atoms with E-state index < -0.39 is 5.91 Å². The number of aromatic nitrogens is 3. The number of aryl methyl sites for hydroxylation is 1. The fraction of sp³-hybridized carbons (Fsp3) is 0.200. The molecule has 0 unspecified atom stereocenters. The molecule has 0 atom stereocenters. The zero-order chi connectivity index (χ0) is 21.0. The largest absolute Gasteiger partial charge is 0.497 e. The second kappa shape index (κ2) is 8.94. The second-order valence-corrected chi connectivity index (χ2v) is 7.60. The van der Waals surface area contributed by atoms with Crippen LogP contribution < -0.4 is 10.1 Å². The first-order valence-corrected chi connectivity index (χ1v) is 10.6. The summed E-state index contributed by atoms with van der Waals surface area (Å²) in [5, 5.41) is 13.1. The van der Waals surface area contributed by atoms with Crippen molar-refractivity contribution in [2.24, 2.45) is 0 Å². The van der Waals surface area contributed by atoms with Gasteiger partial charge in [0.15, 0.2) is 0 Å². The summed E-state index contributed by atoms with van der Waals surface area (Å²) in [5.41, 5.74) is 3.69. The van der Waals surface area contributed by atoms with E-state index in [9.17, 15) is 10.1 Å². The summed E-state index contributed by atoms with van der Waals surface area (Å²) in [4.78, 5) is 16.7. The van der Waals surface area contributed by atoms with Crippen LogP contribution in [-0.4, -0.2) is 33.2 Å². The Balaban J connectivity index is 1.89. The fourth-order valence-electron chi connectivity index (χ4n) is 2.87. The van der Waals surface area contributed by atoms with Gasteiger partial charge in [-0.1, -0.05) is 11.8 Å². The number of amides is 1. The Kier molecular flexibility index (Phi) is 6.36. The van der Waals surface area contributed by atoms with Crippen molar-refractivity contribution in [1.82, 2.24) is 13.9 Å². The zero-order valence-electron chi connectivity index (χ0n) is 16.4. The van der Waals surface area contributed by atoms with Crippen molar-refractivity contribution >= 4 is 40.4 Å². The minimum Gasteiger partial charge on any atom is -0.497 e. The minimum absolute atomic E-state index is 0.000817. The van der Waals surface area contributed by atoms with Gasteiger partial charge < -0.3 is 9.30 Å². The molecular formula is C20H19N5O2S2. The second-order valence-electron chi connectivity index (χ2n) is 6.07. The van der Waals surface area contributed by atoms with Crippen LogP contribution in [0.4, 0.5) is 5.13 Å². The third kappa shape index (κ3) is 4.50. The van der Waals surface area contributed by atoms with Crippen molar-refractivity contribution < 1.29 is 9.53 Å². The summed E-state index contributed by atoms with van der Waals surface area (Å²) in [5.74, 6) is 0.270. The lowest BCUT2D eigenvalue weighted by atomic mass is 10.1. The van der Waals surface area contributed by atoms with Crippen LogP contribution in [-0.2, 0) is 4.79 Å². The number of benzene rings is 1. The molecular weight excluding hydrogens is 406 g/mol. The highest BCUT2D eigenvalue weighted by Crippen LogP contribution is 2.25. The predicted molar refractivity (Wildman–Crippen MR) is 116 cm³/mol. The van der Waals surface area contributed by atoms with E-state index in [4.69, 9.17) is 4.74 Å². The molecule has 0 saturated heterocycles. The highest BCUT2D eigenvalue weighted by atomic mass is 32.2. The Bertz CT molecular complexity index is 1110. The van der Waals surface area contributed by atoms with Gasteiger partial charge in [-0.05, 0) is 62.1 Å². The number of carbonyl (C=O) groups is 1. The number of ether oxygens (including phenoxy) is 1. The molecule has 9 heteroatoms. The Hall–Kier alpha value is -3.09. The van der Waals surface area contributed by atoms with Crippen LogP contribution in [0.25, 0.3) is 11.8 Å². The average molecular weight is 426 g/mol. The van der Waals surface area contributed by atoms with Gasteiger partial charge in [-0.2, -0.15) is 14.6 Å². The normalized spacial score (nSPS) is 11.2. The average Bonchev–Trinajstić information content (AvgIpc) is 3.29. The maximum atomic E-state index is 12.5. The van der Waals surface area contributed by atoms with E-state index in [-0.39, 0.29) is 5.57 Å². The standard InChI is InChI=1S/C20H19N5O2S2/c1-12-9-14(13(2)25(12)16-5-7-17(27-3)8-6-16)10-15(11-21)18(26)22-19-23-20(28-4)24-29-19/h5-10H,1-4H3,(H,22,23,24,26)/b15-10-. The third-order valence-electron chi connectivity index (χ3n) is 4.28. The lowest BCUT2D eigenvalue weighted by Crippen LogP contribution is -2.13. The quantitative estimate of drug-likeness (QED) is 0.361. The van der Waals surface area contributed by atoms with E-state index in [0.29, 0.717) is 10.3 Å². The molecule has 0 aliphatic rings. The summed E-state index contributed by atoms with van der Waals surface area (Å²) >= 11 is 2.47. The van der Waals surface area contributed by atoms with E-state index in [1.165, 1.54) is 11.8 Å². The highest BCUT2D eigenvalue weighted by molar-refractivity contribution is 7.98. The first kappa shape index (κ1) is 20.6. The van der Waals surface area contributed by atoms with Crippen molar-refractivity contribution in [2.45, 2.75) is 19.0 Å². The summed E-state index contributed by atoms with van der Waals surface area (Å²) < 4.78 is 11.4. The van der Waals surface area contributed by atoms with Crippen molar-refractivity contribution in [3.8, 4) is 17.5 Å². The Morgan fingerprint density at radius 1 is 1.34 bits per heavy atom. The van der Waals surface area contributed by atoms with Crippen molar-refractivity contribution in [3.63, 3.8) is 0 Å². The van der Waals surface area contributed by atoms with Gasteiger partial charge in [0.2, 0.25) is 10.3 Å². The number of methoxy groups -OCH3 is 1. The van der Waals surface area contributed by atoms with Crippen LogP contribution in [0.2, 0.25) is 0 Å². The molecule has 3 aromatic rings. The van der Waals surface area contributed by atoms with Gasteiger partial charge in [-0.25, -0.2) is 0 Å². The lowest BCUT2D eigenvalue weighted by Gasteiger charge is -2.10. The molecule has 3 rings (SSSR count). The molecule has 0 bridgehead atoms. The smallest absolute Gasteiger partial charge is 0.268 e. The Morgan fingerprint density at radius 2 is 2.07 bits per heavy atom. The maximum absolute atomic E-state index is 12.5. The number of nitrogens with zero attached hydrogens (tertiary/aromatic N) is 4. The summed E-state index contributed by atoms with van der Waals surface area (Å²) in [6.07, 6.45) is 3.45. The topological polar surface area (TPSA) is 92.8 Å². The van der Waals surface area contributed by atoms with E-state index in [1.807, 2.05) is 56.5 Å². The third-order valence-corrected chi connectivity index (χ3v) is 5.57. The molecule has 0 fully saturated rings. The molecule has 1 aromatic carbocycles. The molecule has 0 saturated carbocycles. The van der Waals surface area contributed by atoms with Gasteiger partial charge in [0.25, 0.3) is 5.91 Å². The van der Waals surface area contributed by atoms with E-state index >= 15 is 0 Å². The molecule has 0 spiro atoms. The molecule has 1 amide bonds. The van der Waals surface area contributed by atoms with Gasteiger partial charge in [-0.15, -0.1) is 0 Å². The molecule has 7 nitrogen and oxygen atoms in total. The molecule has 0 aliphatic heterocycles. The highest BCUT2D eigenvalue weighted by Gasteiger charge is 2.15. The predicted octanol–water partition coefficient (Wildman–Crippen LogP) is 4.22. The SMILES string of the molecule is COc1ccc(-n2c(C)cc(/C=C(/C#N)C(=O)Nc3nc(SC)ns3)c2C)cc1. The van der Waals surface area contributed by atoms with Crippen molar-refractivity contribution in [2.75, 3.05) is 18.7 Å². The first-order chi connectivity index (χ1) is 14.0. The number of carbonyl (C=O) groups excluding carboxylic acids is 1. The molecule has 0 radical (unpaired) electrons. The maximum Gasteiger partial charge on any atom is 0.268 e. The molecule has 2 aromatic heterocycles. The van der Waals surface area contributed by atoms with E-state index in [0.717, 1.165) is 39.9 Å². The molecule has 148 valence electrons. The van der Waals surface area contributed by atoms with Gasteiger partial charge in [-0.3, -0.25) is 10.1 Å². The van der Waals surface area contributed by atoms with Gasteiger partial charge in [0.05, 0.1) is 7.11 Å². The summed E-state index contributed by atoms with van der Waals surface area (Å²) in [7, 11) is 1.63. The van der Waals surface area contributed by atoms with Crippen LogP contribution in [0.15, 0.2) is 41.1 Å². The van der Waals surface area contributed by atoms with E-state index in [1.54, 1.807) is 13.2 Å². The lowest BCUT2D eigenvalue weighted by molar-refractivity contribution is -0.112. The van der Waals surface area contributed by atoms with Crippen LogP contribution in [0, 0.1) is 25.2 Å². The van der Waals surface area contributed by atoms with Gasteiger partial charge in [0.1, 0.15) is 17.4 Å². The van der Waals surface area contributed by atoms with Gasteiger partial charge in [0, 0.05) is 28.6 Å². The molecule has 1 N–H and O–H groups in total. The van der Waals surface area contributed by atoms with Crippen LogP contribution in [0.3, 0.4) is 0 Å². The number of nitriles is 1. The Labute approximate surface area is 177 Å². The van der Waals surface area contributed by atoms with Crippen molar-refractivity contribution in [3.05, 3.63) is 52.9 Å². The van der Waals surface area contributed by atoms with Crippen molar-refractivity contribution in [1.29, 1.82) is 5.26 Å². The summed E-state index contributed by atoms with van der Waals surface area (Å²) in [6, 6.07) is 11.6. The fourth-order valence-corrected chi connectivity index (χ4v) is 4.00. The molecule has 0 aliphatic carbocycles. The van der Waals surface area contributed by atoms with Crippen LogP contribution in [0.1, 0.15) is 17.0 Å². The minimum atomic E-state index is -0.509. The van der Waals surface area contributed by atoms with Crippen LogP contribution in [0.5, 0.6) is 5.75 Å². The summed E-state index contributed by atoms with van der Waals surface area (Å²) in [6.45, 7) is 3.93. The van der Waals surface area contributed by atoms with E-state index in [2.05, 4.69) is 19.2 Å². The number of thioether (sulfide) groups is 1. The number of anilines is 1. The zero-order valence-corrected chi connectivity index (χ0v) is 18.0. The number of nitrogens with one attached hydrogen (secondary N) is 1. The molecule has 29 heavy (non-hydrogen) atoms.